The number of nitrogens with one attached hydrogen (secondary N) is 1. The van der Waals surface area contributed by atoms with Crippen LogP contribution in [0, 0.1) is 5.82 Å². The van der Waals surface area contributed by atoms with Gasteiger partial charge in [-0.25, -0.2) is 22.3 Å². The Bertz CT molecular complexity index is 707. The van der Waals surface area contributed by atoms with Crippen molar-refractivity contribution in [2.75, 3.05) is 6.61 Å². The number of hydrogen-bond acceptors (Lipinski definition) is 4. The van der Waals surface area contributed by atoms with Crippen LogP contribution in [-0.2, 0) is 10.0 Å². The molecule has 0 amide bonds. The standard InChI is InChI=1S/C11H10ClF4NO5S/c1-5(17-23(20,21)11(14,15)16)4-22-9-2-6(10(18)19)7(12)3-8(9)13/h2-3,5,17H,4H2,1H3,(H,18,19). The van der Waals surface area contributed by atoms with E-state index in [0.29, 0.717) is 6.07 Å². The Hall–Kier alpha value is -1.59. The topological polar surface area (TPSA) is 92.7 Å². The van der Waals surface area contributed by atoms with Gasteiger partial charge < -0.3 is 9.84 Å². The average molecular weight is 380 g/mol. The van der Waals surface area contributed by atoms with E-state index < -0.39 is 56.3 Å². The third-order valence-corrected chi connectivity index (χ3v) is 4.04. The Morgan fingerprint density at radius 1 is 1.43 bits per heavy atom. The summed E-state index contributed by atoms with van der Waals surface area (Å²) in [5, 5.41) is 8.43. The number of carbonyl (C=O) groups is 1. The molecular weight excluding hydrogens is 370 g/mol. The molecule has 0 aromatic heterocycles. The monoisotopic (exact) mass is 379 g/mol. The molecule has 12 heteroatoms. The average Bonchev–Trinajstić information content (AvgIpc) is 2.35. The summed E-state index contributed by atoms with van der Waals surface area (Å²) in [6.07, 6.45) is 0. The molecule has 0 saturated carbocycles. The number of aromatic carboxylic acids is 1. The summed E-state index contributed by atoms with van der Waals surface area (Å²) in [7, 11) is -5.58. The molecule has 0 aliphatic carbocycles. The molecule has 130 valence electrons. The zero-order chi connectivity index (χ0) is 18.0. The largest absolute Gasteiger partial charge is 0.511 e. The highest BCUT2D eigenvalue weighted by Crippen LogP contribution is 2.26. The first-order valence-corrected chi connectivity index (χ1v) is 7.65. The van der Waals surface area contributed by atoms with Crippen molar-refractivity contribution in [2.24, 2.45) is 0 Å². The predicted octanol–water partition coefficient (Wildman–Crippen LogP) is 2.38. The molecule has 1 atom stereocenters. The maximum absolute atomic E-state index is 13.6. The summed E-state index contributed by atoms with van der Waals surface area (Å²) in [6.45, 7) is 0.377. The second kappa shape index (κ2) is 6.89. The zero-order valence-electron chi connectivity index (χ0n) is 11.3. The van der Waals surface area contributed by atoms with E-state index in [1.165, 1.54) is 4.72 Å². The minimum absolute atomic E-state index is 0.395. The summed E-state index contributed by atoms with van der Waals surface area (Å²) >= 11 is 5.50. The second-order valence-electron chi connectivity index (χ2n) is 4.35. The fourth-order valence-electron chi connectivity index (χ4n) is 1.38. The molecule has 1 rings (SSSR count). The van der Waals surface area contributed by atoms with E-state index in [4.69, 9.17) is 21.4 Å². The Kier molecular flexibility index (Phi) is 5.83. The van der Waals surface area contributed by atoms with Crippen molar-refractivity contribution in [3.8, 4) is 5.75 Å². The predicted molar refractivity (Wildman–Crippen MR) is 71.4 cm³/mol. The van der Waals surface area contributed by atoms with Gasteiger partial charge >= 0.3 is 21.5 Å². The molecule has 0 aliphatic heterocycles. The Balaban J connectivity index is 2.83. The molecule has 1 aromatic carbocycles. The zero-order valence-corrected chi connectivity index (χ0v) is 12.9. The van der Waals surface area contributed by atoms with Gasteiger partial charge in [0, 0.05) is 0 Å². The van der Waals surface area contributed by atoms with E-state index in [1.807, 2.05) is 0 Å². The Labute approximate surface area is 133 Å². The number of carboxylic acid groups (broad SMARTS) is 1. The van der Waals surface area contributed by atoms with Crippen LogP contribution in [0.5, 0.6) is 5.75 Å². The van der Waals surface area contributed by atoms with E-state index in [2.05, 4.69) is 0 Å². The Morgan fingerprint density at radius 3 is 2.48 bits per heavy atom. The summed E-state index contributed by atoms with van der Waals surface area (Å²) in [5.41, 5.74) is -5.98. The number of hydrogen-bond donors (Lipinski definition) is 2. The fraction of sp³-hybridized carbons (Fsp3) is 0.364. The third-order valence-electron chi connectivity index (χ3n) is 2.40. The maximum atomic E-state index is 13.6. The Morgan fingerprint density at radius 2 is 2.00 bits per heavy atom. The molecule has 1 aromatic rings. The first kappa shape index (κ1) is 19.5. The minimum atomic E-state index is -5.58. The van der Waals surface area contributed by atoms with Crippen LogP contribution in [0.2, 0.25) is 5.02 Å². The van der Waals surface area contributed by atoms with Crippen molar-refractivity contribution in [1.82, 2.24) is 4.72 Å². The van der Waals surface area contributed by atoms with Gasteiger partial charge in [-0.05, 0) is 19.1 Å². The van der Waals surface area contributed by atoms with E-state index >= 15 is 0 Å². The number of carboxylic acids is 1. The van der Waals surface area contributed by atoms with Gasteiger partial charge in [0.15, 0.2) is 11.6 Å². The first-order chi connectivity index (χ1) is 10.3. The molecule has 0 fully saturated rings. The molecule has 0 aliphatic rings. The third kappa shape index (κ3) is 4.94. The van der Waals surface area contributed by atoms with Crippen LogP contribution in [0.4, 0.5) is 17.6 Å². The van der Waals surface area contributed by atoms with Crippen molar-refractivity contribution < 1.29 is 40.6 Å². The van der Waals surface area contributed by atoms with Crippen LogP contribution in [-0.4, -0.2) is 37.7 Å². The quantitative estimate of drug-likeness (QED) is 0.740. The van der Waals surface area contributed by atoms with Gasteiger partial charge in [0.1, 0.15) is 6.61 Å². The highest BCUT2D eigenvalue weighted by Gasteiger charge is 2.46. The number of alkyl halides is 3. The molecule has 6 nitrogen and oxygen atoms in total. The van der Waals surface area contributed by atoms with Crippen LogP contribution in [0.15, 0.2) is 12.1 Å². The summed E-state index contributed by atoms with van der Waals surface area (Å²) < 4.78 is 77.9. The number of benzene rings is 1. The number of sulfonamides is 1. The van der Waals surface area contributed by atoms with Crippen molar-refractivity contribution in [3.05, 3.63) is 28.5 Å². The fourth-order valence-corrected chi connectivity index (χ4v) is 2.35. The minimum Gasteiger partial charge on any atom is -0.489 e. The molecular formula is C11H10ClF4NO5S. The molecule has 0 heterocycles. The van der Waals surface area contributed by atoms with Gasteiger partial charge in [-0.3, -0.25) is 0 Å². The lowest BCUT2D eigenvalue weighted by atomic mass is 10.2. The van der Waals surface area contributed by atoms with Crippen molar-refractivity contribution in [1.29, 1.82) is 0 Å². The first-order valence-electron chi connectivity index (χ1n) is 5.79. The lowest BCUT2D eigenvalue weighted by Gasteiger charge is -2.17. The van der Waals surface area contributed by atoms with Crippen molar-refractivity contribution in [2.45, 2.75) is 18.5 Å². The number of rotatable bonds is 6. The van der Waals surface area contributed by atoms with Crippen molar-refractivity contribution in [3.63, 3.8) is 0 Å². The van der Waals surface area contributed by atoms with Gasteiger partial charge in [0.25, 0.3) is 0 Å². The van der Waals surface area contributed by atoms with Crippen molar-refractivity contribution >= 4 is 27.6 Å². The van der Waals surface area contributed by atoms with Gasteiger partial charge in [-0.1, -0.05) is 11.6 Å². The van der Waals surface area contributed by atoms with Gasteiger partial charge in [-0.15, -0.1) is 0 Å². The maximum Gasteiger partial charge on any atom is 0.511 e. The van der Waals surface area contributed by atoms with Gasteiger partial charge in [-0.2, -0.15) is 13.2 Å². The normalized spacial score (nSPS) is 13.7. The van der Waals surface area contributed by atoms with Gasteiger partial charge in [0.2, 0.25) is 0 Å². The van der Waals surface area contributed by atoms with E-state index in [9.17, 15) is 30.8 Å². The van der Waals surface area contributed by atoms with E-state index in [1.54, 1.807) is 0 Å². The molecule has 23 heavy (non-hydrogen) atoms. The summed E-state index contributed by atoms with van der Waals surface area (Å²) in [4.78, 5) is 10.8. The second-order valence-corrected chi connectivity index (χ2v) is 6.46. The highest BCUT2D eigenvalue weighted by molar-refractivity contribution is 7.90. The summed E-state index contributed by atoms with van der Waals surface area (Å²) in [5.74, 6) is -3.11. The lowest BCUT2D eigenvalue weighted by molar-refractivity contribution is -0.0451. The SMILES string of the molecule is CC(COc1cc(C(=O)O)c(Cl)cc1F)NS(=O)(=O)C(F)(F)F. The molecule has 1 unspecified atom stereocenters. The van der Waals surface area contributed by atoms with E-state index in [0.717, 1.165) is 13.0 Å². The lowest BCUT2D eigenvalue weighted by Crippen LogP contribution is -2.43. The smallest absolute Gasteiger partial charge is 0.489 e. The molecule has 0 radical (unpaired) electrons. The van der Waals surface area contributed by atoms with Crippen LogP contribution in [0.25, 0.3) is 0 Å². The molecule has 0 saturated heterocycles. The molecule has 0 spiro atoms. The van der Waals surface area contributed by atoms with Gasteiger partial charge in [0.05, 0.1) is 16.6 Å². The van der Waals surface area contributed by atoms with E-state index in [-0.39, 0.29) is 0 Å². The number of ether oxygens (including phenoxy) is 1. The summed E-state index contributed by atoms with van der Waals surface area (Å²) in [6, 6.07) is 0.0422. The van der Waals surface area contributed by atoms with Crippen LogP contribution >= 0.6 is 11.6 Å². The highest BCUT2D eigenvalue weighted by atomic mass is 35.5. The van der Waals surface area contributed by atoms with Crippen LogP contribution in [0.3, 0.4) is 0 Å². The van der Waals surface area contributed by atoms with Crippen LogP contribution < -0.4 is 9.46 Å². The molecule has 2 N–H and O–H groups in total. The van der Waals surface area contributed by atoms with Crippen LogP contribution in [0.1, 0.15) is 17.3 Å². The molecule has 0 bridgehead atoms. The number of halogens is 5.